The molecule has 27 heavy (non-hydrogen) atoms. The number of fused-ring (bicyclic) bond motifs is 1. The maximum atomic E-state index is 4.79. The zero-order chi connectivity index (χ0) is 18.8. The molecule has 0 saturated carbocycles. The van der Waals surface area contributed by atoms with Gasteiger partial charge in [-0.2, -0.15) is 0 Å². The summed E-state index contributed by atoms with van der Waals surface area (Å²) in [7, 11) is 0. The maximum Gasteiger partial charge on any atom is 0.133 e. The standard InChI is InChI=1S/C22H27N5/c1-16(2)22-24-17(3)13-21(25-22)26-12-10-20-19(14-26)23-15-27(20)11-9-18-7-5-4-6-8-18/h4-8,13,15-16H,9-12,14H2,1-3H3. The van der Waals surface area contributed by atoms with E-state index in [1.807, 2.05) is 13.3 Å². The topological polar surface area (TPSA) is 46.8 Å². The van der Waals surface area contributed by atoms with Crippen LogP contribution in [0.2, 0.25) is 0 Å². The third-order valence-corrected chi connectivity index (χ3v) is 5.17. The van der Waals surface area contributed by atoms with Crippen LogP contribution in [0, 0.1) is 6.92 Å². The zero-order valence-electron chi connectivity index (χ0n) is 16.4. The molecule has 5 heteroatoms. The molecule has 3 heterocycles. The predicted octanol–water partition coefficient (Wildman–Crippen LogP) is 3.91. The fourth-order valence-electron chi connectivity index (χ4n) is 3.65. The van der Waals surface area contributed by atoms with Crippen molar-refractivity contribution in [2.24, 2.45) is 0 Å². The van der Waals surface area contributed by atoms with Crippen LogP contribution < -0.4 is 4.90 Å². The van der Waals surface area contributed by atoms with Gasteiger partial charge in [0.1, 0.15) is 11.6 Å². The van der Waals surface area contributed by atoms with E-state index in [4.69, 9.17) is 9.97 Å². The van der Waals surface area contributed by atoms with E-state index >= 15 is 0 Å². The first-order valence-electron chi connectivity index (χ1n) is 9.77. The van der Waals surface area contributed by atoms with E-state index in [-0.39, 0.29) is 0 Å². The minimum absolute atomic E-state index is 0.334. The predicted molar refractivity (Wildman–Crippen MR) is 108 cm³/mol. The zero-order valence-corrected chi connectivity index (χ0v) is 16.4. The monoisotopic (exact) mass is 361 g/mol. The van der Waals surface area contributed by atoms with Crippen molar-refractivity contribution in [1.82, 2.24) is 19.5 Å². The lowest BCUT2D eigenvalue weighted by Gasteiger charge is -2.28. The molecule has 0 bridgehead atoms. The first kappa shape index (κ1) is 17.7. The third-order valence-electron chi connectivity index (χ3n) is 5.17. The summed E-state index contributed by atoms with van der Waals surface area (Å²) in [6, 6.07) is 12.7. The van der Waals surface area contributed by atoms with Gasteiger partial charge >= 0.3 is 0 Å². The minimum Gasteiger partial charge on any atom is -0.350 e. The molecule has 140 valence electrons. The number of rotatable bonds is 5. The van der Waals surface area contributed by atoms with Crippen molar-refractivity contribution in [2.45, 2.75) is 52.6 Å². The Morgan fingerprint density at radius 2 is 1.93 bits per heavy atom. The smallest absolute Gasteiger partial charge is 0.133 e. The average Bonchev–Trinajstić information content (AvgIpc) is 3.09. The highest BCUT2D eigenvalue weighted by Crippen LogP contribution is 2.24. The molecule has 3 aromatic rings. The first-order chi connectivity index (χ1) is 13.1. The van der Waals surface area contributed by atoms with Crippen LogP contribution in [0.3, 0.4) is 0 Å². The highest BCUT2D eigenvalue weighted by atomic mass is 15.2. The summed E-state index contributed by atoms with van der Waals surface area (Å²) in [5, 5.41) is 0. The molecule has 2 aromatic heterocycles. The molecule has 0 atom stereocenters. The highest BCUT2D eigenvalue weighted by Gasteiger charge is 2.22. The van der Waals surface area contributed by atoms with Crippen molar-refractivity contribution in [3.05, 3.63) is 71.2 Å². The van der Waals surface area contributed by atoms with E-state index in [2.05, 4.69) is 64.7 Å². The Kier molecular flexibility index (Phi) is 4.92. The number of aromatic nitrogens is 4. The number of nitrogens with zero attached hydrogens (tertiary/aromatic N) is 5. The fraction of sp³-hybridized carbons (Fsp3) is 0.409. The Bertz CT molecular complexity index is 914. The summed E-state index contributed by atoms with van der Waals surface area (Å²) < 4.78 is 2.32. The molecule has 0 N–H and O–H groups in total. The largest absolute Gasteiger partial charge is 0.350 e. The molecule has 0 spiro atoms. The molecule has 0 unspecified atom stereocenters. The van der Waals surface area contributed by atoms with Crippen molar-refractivity contribution >= 4 is 5.82 Å². The molecule has 1 aromatic carbocycles. The Balaban J connectivity index is 1.49. The average molecular weight is 361 g/mol. The second-order valence-corrected chi connectivity index (χ2v) is 7.62. The highest BCUT2D eigenvalue weighted by molar-refractivity contribution is 5.43. The van der Waals surface area contributed by atoms with E-state index in [9.17, 15) is 0 Å². The Hall–Kier alpha value is -2.69. The molecule has 0 aliphatic carbocycles. The van der Waals surface area contributed by atoms with Crippen LogP contribution in [0.1, 0.15) is 48.2 Å². The van der Waals surface area contributed by atoms with Crippen molar-refractivity contribution in [1.29, 1.82) is 0 Å². The van der Waals surface area contributed by atoms with E-state index < -0.39 is 0 Å². The van der Waals surface area contributed by atoms with E-state index in [1.165, 1.54) is 17.0 Å². The number of aryl methyl sites for hydroxylation is 3. The molecular weight excluding hydrogens is 334 g/mol. The molecule has 0 amide bonds. The third kappa shape index (κ3) is 3.87. The van der Waals surface area contributed by atoms with Crippen molar-refractivity contribution in [3.63, 3.8) is 0 Å². The summed E-state index contributed by atoms with van der Waals surface area (Å²) in [4.78, 5) is 16.4. The van der Waals surface area contributed by atoms with Gasteiger partial charge < -0.3 is 9.47 Å². The van der Waals surface area contributed by atoms with Gasteiger partial charge in [-0.15, -0.1) is 0 Å². The van der Waals surface area contributed by atoms with Crippen LogP contribution in [0.25, 0.3) is 0 Å². The SMILES string of the molecule is Cc1cc(N2CCc3c(ncn3CCc3ccccc3)C2)nc(C(C)C)n1. The molecule has 0 radical (unpaired) electrons. The van der Waals surface area contributed by atoms with Crippen molar-refractivity contribution in [2.75, 3.05) is 11.4 Å². The summed E-state index contributed by atoms with van der Waals surface area (Å²) >= 11 is 0. The van der Waals surface area contributed by atoms with Crippen LogP contribution in [0.4, 0.5) is 5.82 Å². The van der Waals surface area contributed by atoms with Crippen molar-refractivity contribution in [3.8, 4) is 0 Å². The Labute approximate surface area is 161 Å². The van der Waals surface area contributed by atoms with Gasteiger partial charge in [0.15, 0.2) is 0 Å². The van der Waals surface area contributed by atoms with Gasteiger partial charge in [0.05, 0.1) is 18.6 Å². The molecule has 4 rings (SSSR count). The van der Waals surface area contributed by atoms with Gasteiger partial charge in [0, 0.05) is 42.9 Å². The second-order valence-electron chi connectivity index (χ2n) is 7.62. The van der Waals surface area contributed by atoms with Gasteiger partial charge in [-0.1, -0.05) is 44.2 Å². The van der Waals surface area contributed by atoms with Gasteiger partial charge in [-0.25, -0.2) is 15.0 Å². The number of benzene rings is 1. The Morgan fingerprint density at radius 3 is 2.70 bits per heavy atom. The van der Waals surface area contributed by atoms with E-state index in [0.29, 0.717) is 5.92 Å². The lowest BCUT2D eigenvalue weighted by molar-refractivity contribution is 0.620. The Morgan fingerprint density at radius 1 is 1.11 bits per heavy atom. The number of anilines is 1. The van der Waals surface area contributed by atoms with Crippen molar-refractivity contribution < 1.29 is 0 Å². The van der Waals surface area contributed by atoms with Crippen LogP contribution in [-0.2, 0) is 25.9 Å². The number of hydrogen-bond acceptors (Lipinski definition) is 4. The molecular formula is C22H27N5. The molecule has 0 saturated heterocycles. The number of imidazole rings is 1. The quantitative estimate of drug-likeness (QED) is 0.691. The van der Waals surface area contributed by atoms with Gasteiger partial charge in [-0.05, 0) is 18.9 Å². The van der Waals surface area contributed by atoms with Gasteiger partial charge in [0.25, 0.3) is 0 Å². The summed E-state index contributed by atoms with van der Waals surface area (Å²) in [6.45, 7) is 9.10. The lowest BCUT2D eigenvalue weighted by Crippen LogP contribution is -2.32. The van der Waals surface area contributed by atoms with Gasteiger partial charge in [-0.3, -0.25) is 0 Å². The lowest BCUT2D eigenvalue weighted by atomic mass is 10.1. The van der Waals surface area contributed by atoms with Crippen LogP contribution in [0.15, 0.2) is 42.7 Å². The fourth-order valence-corrected chi connectivity index (χ4v) is 3.65. The second kappa shape index (κ2) is 7.51. The van der Waals surface area contributed by atoms with Gasteiger partial charge in [0.2, 0.25) is 0 Å². The maximum absolute atomic E-state index is 4.79. The molecule has 0 fully saturated rings. The van der Waals surface area contributed by atoms with Crippen LogP contribution in [-0.4, -0.2) is 26.1 Å². The minimum atomic E-state index is 0.334. The molecule has 5 nitrogen and oxygen atoms in total. The van der Waals surface area contributed by atoms with E-state index in [0.717, 1.165) is 49.8 Å². The summed E-state index contributed by atoms with van der Waals surface area (Å²) in [5.41, 5.74) is 4.95. The number of hydrogen-bond donors (Lipinski definition) is 0. The molecule has 1 aliphatic rings. The first-order valence-corrected chi connectivity index (χ1v) is 9.77. The summed E-state index contributed by atoms with van der Waals surface area (Å²) in [6.07, 6.45) is 4.04. The summed E-state index contributed by atoms with van der Waals surface area (Å²) in [5.74, 6) is 2.28. The molecule has 1 aliphatic heterocycles. The van der Waals surface area contributed by atoms with E-state index in [1.54, 1.807) is 0 Å². The van der Waals surface area contributed by atoms with Crippen LogP contribution in [0.5, 0.6) is 0 Å². The normalized spacial score (nSPS) is 13.9. The van der Waals surface area contributed by atoms with Crippen LogP contribution >= 0.6 is 0 Å².